The summed E-state index contributed by atoms with van der Waals surface area (Å²) in [5, 5.41) is 0. The molecule has 4 nitrogen and oxygen atoms in total. The SMILES string of the molecule is COC(=O)C[C@H](N)c1cccc(OC(F)(F)F)c1. The highest BCUT2D eigenvalue weighted by Gasteiger charge is 2.31. The summed E-state index contributed by atoms with van der Waals surface area (Å²) in [5.74, 6) is -0.912. The lowest BCUT2D eigenvalue weighted by Crippen LogP contribution is -2.19. The van der Waals surface area contributed by atoms with Crippen LogP contribution in [0.4, 0.5) is 13.2 Å². The van der Waals surface area contributed by atoms with Crippen LogP contribution in [-0.2, 0) is 9.53 Å². The molecule has 1 aromatic rings. The van der Waals surface area contributed by atoms with Crippen LogP contribution in [0, 0.1) is 0 Å². The first-order chi connectivity index (χ1) is 8.31. The molecule has 2 N–H and O–H groups in total. The van der Waals surface area contributed by atoms with Gasteiger partial charge in [-0.2, -0.15) is 0 Å². The van der Waals surface area contributed by atoms with E-state index in [1.54, 1.807) is 0 Å². The molecule has 0 fully saturated rings. The first-order valence-corrected chi connectivity index (χ1v) is 5.00. The van der Waals surface area contributed by atoms with Crippen molar-refractivity contribution >= 4 is 5.97 Å². The first-order valence-electron chi connectivity index (χ1n) is 5.00. The minimum absolute atomic E-state index is 0.119. The fraction of sp³-hybridized carbons (Fsp3) is 0.364. The second-order valence-electron chi connectivity index (χ2n) is 3.51. The predicted octanol–water partition coefficient (Wildman–Crippen LogP) is 2.15. The monoisotopic (exact) mass is 263 g/mol. The zero-order valence-corrected chi connectivity index (χ0v) is 9.53. The predicted molar refractivity (Wildman–Crippen MR) is 56.7 cm³/mol. The number of esters is 1. The number of nitrogens with two attached hydrogens (primary N) is 1. The Morgan fingerprint density at radius 1 is 1.44 bits per heavy atom. The molecule has 0 heterocycles. The Balaban J connectivity index is 2.78. The second-order valence-corrected chi connectivity index (χ2v) is 3.51. The number of carbonyl (C=O) groups is 1. The molecule has 0 bridgehead atoms. The summed E-state index contributed by atoms with van der Waals surface area (Å²) in [4.78, 5) is 11.0. The van der Waals surface area contributed by atoms with Gasteiger partial charge < -0.3 is 15.2 Å². The Kier molecular flexibility index (Phi) is 4.55. The number of carbonyl (C=O) groups excluding carboxylic acids is 1. The van der Waals surface area contributed by atoms with Crippen molar-refractivity contribution in [2.24, 2.45) is 5.73 Å². The van der Waals surface area contributed by atoms with Crippen molar-refractivity contribution in [3.8, 4) is 5.75 Å². The second kappa shape index (κ2) is 5.72. The molecule has 0 saturated carbocycles. The van der Waals surface area contributed by atoms with Crippen LogP contribution < -0.4 is 10.5 Å². The van der Waals surface area contributed by atoms with E-state index in [0.29, 0.717) is 5.56 Å². The smallest absolute Gasteiger partial charge is 0.469 e. The molecule has 0 aromatic heterocycles. The van der Waals surface area contributed by atoms with E-state index in [9.17, 15) is 18.0 Å². The van der Waals surface area contributed by atoms with E-state index >= 15 is 0 Å². The van der Waals surface area contributed by atoms with E-state index in [2.05, 4.69) is 9.47 Å². The number of hydrogen-bond donors (Lipinski definition) is 1. The van der Waals surface area contributed by atoms with Gasteiger partial charge in [-0.25, -0.2) is 0 Å². The quantitative estimate of drug-likeness (QED) is 0.845. The zero-order valence-electron chi connectivity index (χ0n) is 9.53. The number of hydrogen-bond acceptors (Lipinski definition) is 4. The number of alkyl halides is 3. The van der Waals surface area contributed by atoms with E-state index in [1.165, 1.54) is 19.2 Å². The number of rotatable bonds is 4. The highest BCUT2D eigenvalue weighted by atomic mass is 19.4. The topological polar surface area (TPSA) is 61.5 Å². The lowest BCUT2D eigenvalue weighted by Gasteiger charge is -2.13. The number of ether oxygens (including phenoxy) is 2. The Bertz CT molecular complexity index is 420. The summed E-state index contributed by atoms with van der Waals surface area (Å²) in [7, 11) is 1.21. The normalized spacial score (nSPS) is 12.9. The summed E-state index contributed by atoms with van der Waals surface area (Å²) < 4.78 is 44.2. The molecule has 18 heavy (non-hydrogen) atoms. The van der Waals surface area contributed by atoms with Gasteiger partial charge in [0.2, 0.25) is 0 Å². The van der Waals surface area contributed by atoms with Crippen LogP contribution >= 0.6 is 0 Å². The summed E-state index contributed by atoms with van der Waals surface area (Å²) in [6.45, 7) is 0. The Labute approximate surface area is 101 Å². The Hall–Kier alpha value is -1.76. The highest BCUT2D eigenvalue weighted by Crippen LogP contribution is 2.25. The minimum atomic E-state index is -4.76. The van der Waals surface area contributed by atoms with Gasteiger partial charge in [0, 0.05) is 6.04 Å². The summed E-state index contributed by atoms with van der Waals surface area (Å²) in [6.07, 6.45) is -4.88. The van der Waals surface area contributed by atoms with Crippen molar-refractivity contribution in [3.63, 3.8) is 0 Å². The van der Waals surface area contributed by atoms with Gasteiger partial charge in [0.25, 0.3) is 0 Å². The van der Waals surface area contributed by atoms with E-state index in [-0.39, 0.29) is 12.2 Å². The maximum Gasteiger partial charge on any atom is 0.573 e. The third-order valence-corrected chi connectivity index (χ3v) is 2.13. The summed E-state index contributed by atoms with van der Waals surface area (Å²) in [5.41, 5.74) is 6.03. The van der Waals surface area contributed by atoms with Crippen LogP contribution in [0.25, 0.3) is 0 Å². The fourth-order valence-electron chi connectivity index (χ4n) is 1.32. The van der Waals surface area contributed by atoms with Gasteiger partial charge in [-0.3, -0.25) is 4.79 Å². The Morgan fingerprint density at radius 2 is 2.11 bits per heavy atom. The molecule has 0 amide bonds. The molecule has 0 aliphatic carbocycles. The van der Waals surface area contributed by atoms with Crippen molar-refractivity contribution in [3.05, 3.63) is 29.8 Å². The zero-order chi connectivity index (χ0) is 13.8. The maximum absolute atomic E-state index is 12.0. The number of methoxy groups -OCH3 is 1. The van der Waals surface area contributed by atoms with Crippen LogP contribution in [0.1, 0.15) is 18.0 Å². The maximum atomic E-state index is 12.0. The van der Waals surface area contributed by atoms with E-state index in [0.717, 1.165) is 12.1 Å². The largest absolute Gasteiger partial charge is 0.573 e. The molecule has 0 unspecified atom stereocenters. The molecular formula is C11H12F3NO3. The van der Waals surface area contributed by atoms with E-state index in [4.69, 9.17) is 5.73 Å². The van der Waals surface area contributed by atoms with Crippen molar-refractivity contribution in [2.45, 2.75) is 18.8 Å². The molecule has 7 heteroatoms. The molecule has 0 radical (unpaired) electrons. The average Bonchev–Trinajstić information content (AvgIpc) is 2.26. The molecule has 1 rings (SSSR count). The molecule has 0 spiro atoms. The Morgan fingerprint density at radius 3 is 2.67 bits per heavy atom. The molecule has 100 valence electrons. The van der Waals surface area contributed by atoms with Gasteiger partial charge in [-0.05, 0) is 17.7 Å². The van der Waals surface area contributed by atoms with Crippen LogP contribution in [0.15, 0.2) is 24.3 Å². The van der Waals surface area contributed by atoms with Gasteiger partial charge in [-0.1, -0.05) is 12.1 Å². The van der Waals surface area contributed by atoms with Crippen molar-refractivity contribution < 1.29 is 27.4 Å². The van der Waals surface area contributed by atoms with Crippen molar-refractivity contribution in [1.29, 1.82) is 0 Å². The van der Waals surface area contributed by atoms with Crippen molar-refractivity contribution in [2.75, 3.05) is 7.11 Å². The molecule has 1 atom stereocenters. The molecule has 1 aromatic carbocycles. The minimum Gasteiger partial charge on any atom is -0.469 e. The average molecular weight is 263 g/mol. The van der Waals surface area contributed by atoms with Gasteiger partial charge >= 0.3 is 12.3 Å². The summed E-state index contributed by atoms with van der Waals surface area (Å²) >= 11 is 0. The van der Waals surface area contributed by atoms with Gasteiger partial charge in [0.1, 0.15) is 5.75 Å². The van der Waals surface area contributed by atoms with E-state index in [1.807, 2.05) is 0 Å². The molecule has 0 aliphatic heterocycles. The van der Waals surface area contributed by atoms with E-state index < -0.39 is 18.4 Å². The molecular weight excluding hydrogens is 251 g/mol. The third-order valence-electron chi connectivity index (χ3n) is 2.13. The molecule has 0 aliphatic rings. The van der Waals surface area contributed by atoms with Crippen molar-refractivity contribution in [1.82, 2.24) is 0 Å². The number of halogens is 3. The van der Waals surface area contributed by atoms with Gasteiger partial charge in [-0.15, -0.1) is 13.2 Å². The van der Waals surface area contributed by atoms with Crippen LogP contribution in [0.2, 0.25) is 0 Å². The van der Waals surface area contributed by atoms with Crippen LogP contribution in [0.3, 0.4) is 0 Å². The van der Waals surface area contributed by atoms with Gasteiger partial charge in [0.15, 0.2) is 0 Å². The summed E-state index contributed by atoms with van der Waals surface area (Å²) in [6, 6.07) is 4.43. The highest BCUT2D eigenvalue weighted by molar-refractivity contribution is 5.70. The van der Waals surface area contributed by atoms with Gasteiger partial charge in [0.05, 0.1) is 13.5 Å². The first kappa shape index (κ1) is 14.3. The van der Waals surface area contributed by atoms with Crippen LogP contribution in [0.5, 0.6) is 5.75 Å². The standard InChI is InChI=1S/C11H12F3NO3/c1-17-10(16)6-9(15)7-3-2-4-8(5-7)18-11(12,13)14/h2-5,9H,6,15H2,1H3/t9-/m0/s1. The lowest BCUT2D eigenvalue weighted by molar-refractivity contribution is -0.274. The third kappa shape index (κ3) is 4.62. The fourth-order valence-corrected chi connectivity index (χ4v) is 1.32. The number of benzene rings is 1. The lowest BCUT2D eigenvalue weighted by atomic mass is 10.0. The molecule has 0 saturated heterocycles. The van der Waals surface area contributed by atoms with Crippen LogP contribution in [-0.4, -0.2) is 19.4 Å².